The van der Waals surface area contributed by atoms with Crippen LogP contribution in [0.1, 0.15) is 36.1 Å². The number of aliphatic hydroxyl groups excluding tert-OH is 1. The van der Waals surface area contributed by atoms with E-state index in [4.69, 9.17) is 22.1 Å². The van der Waals surface area contributed by atoms with Gasteiger partial charge in [0.25, 0.3) is 0 Å². The molecule has 0 amide bonds. The Morgan fingerprint density at radius 2 is 2.10 bits per heavy atom. The van der Waals surface area contributed by atoms with Crippen molar-refractivity contribution in [2.75, 3.05) is 20.2 Å². The van der Waals surface area contributed by atoms with Crippen LogP contribution in [-0.4, -0.2) is 31.3 Å². The summed E-state index contributed by atoms with van der Waals surface area (Å²) in [6.07, 6.45) is -0.114. The summed E-state index contributed by atoms with van der Waals surface area (Å²) in [6.45, 7) is 7.01. The zero-order valence-corrected chi connectivity index (χ0v) is 13.4. The molecule has 1 aromatic carbocycles. The van der Waals surface area contributed by atoms with Gasteiger partial charge < -0.3 is 20.9 Å². The average Bonchev–Trinajstić information content (AvgIpc) is 2.42. The number of rotatable bonds is 7. The highest BCUT2D eigenvalue weighted by Crippen LogP contribution is 2.37. The fourth-order valence-corrected chi connectivity index (χ4v) is 2.42. The average molecular weight is 301 g/mol. The van der Waals surface area contributed by atoms with E-state index >= 15 is 0 Å². The fourth-order valence-electron chi connectivity index (χ4n) is 2.26. The van der Waals surface area contributed by atoms with Gasteiger partial charge in [-0.1, -0.05) is 11.6 Å². The molecule has 0 aliphatic carbocycles. The second kappa shape index (κ2) is 7.84. The number of aliphatic hydroxyl groups is 1. The summed E-state index contributed by atoms with van der Waals surface area (Å²) in [5.41, 5.74) is 8.54. The van der Waals surface area contributed by atoms with Crippen molar-refractivity contribution in [3.63, 3.8) is 0 Å². The molecule has 5 heteroatoms. The number of halogens is 1. The van der Waals surface area contributed by atoms with Gasteiger partial charge in [0, 0.05) is 16.6 Å². The van der Waals surface area contributed by atoms with Crippen LogP contribution in [0, 0.1) is 13.8 Å². The molecular formula is C15H25ClN2O2. The smallest absolute Gasteiger partial charge is 0.125 e. The molecule has 0 aliphatic rings. The van der Waals surface area contributed by atoms with Crippen LogP contribution in [0.15, 0.2) is 6.07 Å². The van der Waals surface area contributed by atoms with Crippen molar-refractivity contribution >= 4 is 11.6 Å². The van der Waals surface area contributed by atoms with Crippen molar-refractivity contribution in [2.45, 2.75) is 39.3 Å². The predicted molar refractivity (Wildman–Crippen MR) is 83.6 cm³/mol. The normalized spacial score (nSPS) is 14.2. The molecule has 2 atom stereocenters. The molecule has 0 saturated heterocycles. The van der Waals surface area contributed by atoms with E-state index in [0.29, 0.717) is 29.4 Å². The first-order chi connectivity index (χ1) is 9.43. The van der Waals surface area contributed by atoms with Crippen molar-refractivity contribution in [1.82, 2.24) is 5.32 Å². The Hall–Kier alpha value is -0.810. The summed E-state index contributed by atoms with van der Waals surface area (Å²) in [6, 6.07) is 1.50. The van der Waals surface area contributed by atoms with E-state index < -0.39 is 6.10 Å². The number of hydrogen-bond acceptors (Lipinski definition) is 4. The molecule has 114 valence electrons. The van der Waals surface area contributed by atoms with Gasteiger partial charge in [0.1, 0.15) is 5.75 Å². The van der Waals surface area contributed by atoms with E-state index in [0.717, 1.165) is 17.7 Å². The molecule has 0 saturated carbocycles. The van der Waals surface area contributed by atoms with Gasteiger partial charge in [0.05, 0.1) is 12.7 Å². The number of hydrogen-bond donors (Lipinski definition) is 3. The lowest BCUT2D eigenvalue weighted by atomic mass is 9.94. The van der Waals surface area contributed by atoms with E-state index in [1.807, 2.05) is 33.9 Å². The van der Waals surface area contributed by atoms with Gasteiger partial charge in [-0.05, 0) is 58.0 Å². The Labute approximate surface area is 126 Å². The third-order valence-electron chi connectivity index (χ3n) is 3.42. The molecule has 4 N–H and O–H groups in total. The number of benzene rings is 1. The molecule has 4 nitrogen and oxygen atoms in total. The molecule has 0 radical (unpaired) electrons. The van der Waals surface area contributed by atoms with Crippen molar-refractivity contribution < 1.29 is 9.84 Å². The molecule has 1 aromatic rings. The highest BCUT2D eigenvalue weighted by Gasteiger charge is 2.24. The van der Waals surface area contributed by atoms with Gasteiger partial charge in [-0.3, -0.25) is 0 Å². The van der Waals surface area contributed by atoms with Crippen LogP contribution >= 0.6 is 11.6 Å². The minimum Gasteiger partial charge on any atom is -0.493 e. The van der Waals surface area contributed by atoms with Crippen LogP contribution in [0.3, 0.4) is 0 Å². The first-order valence-corrected chi connectivity index (χ1v) is 7.32. The molecule has 0 aromatic heterocycles. The maximum atomic E-state index is 10.5. The van der Waals surface area contributed by atoms with Gasteiger partial charge in [0.2, 0.25) is 0 Å². The van der Waals surface area contributed by atoms with Crippen LogP contribution in [0.2, 0.25) is 5.02 Å². The first-order valence-electron chi connectivity index (χ1n) is 6.94. The molecule has 0 heterocycles. The Morgan fingerprint density at radius 1 is 1.45 bits per heavy atom. The molecule has 20 heavy (non-hydrogen) atoms. The molecule has 0 fully saturated rings. The van der Waals surface area contributed by atoms with E-state index in [-0.39, 0.29) is 6.04 Å². The molecule has 0 spiro atoms. The Morgan fingerprint density at radius 3 is 2.65 bits per heavy atom. The van der Waals surface area contributed by atoms with Crippen molar-refractivity contribution in [1.29, 1.82) is 0 Å². The second-order valence-corrected chi connectivity index (χ2v) is 5.36. The fraction of sp³-hybridized carbons (Fsp3) is 0.600. The van der Waals surface area contributed by atoms with Crippen molar-refractivity contribution in [2.24, 2.45) is 5.73 Å². The third-order valence-corrected chi connectivity index (χ3v) is 4.00. The summed E-state index contributed by atoms with van der Waals surface area (Å²) in [5, 5.41) is 14.2. The lowest BCUT2D eigenvalue weighted by molar-refractivity contribution is 0.137. The van der Waals surface area contributed by atoms with Crippen LogP contribution in [0.5, 0.6) is 5.75 Å². The lowest BCUT2D eigenvalue weighted by Gasteiger charge is -2.24. The maximum absolute atomic E-state index is 10.5. The van der Waals surface area contributed by atoms with E-state index in [1.165, 1.54) is 0 Å². The van der Waals surface area contributed by atoms with Crippen LogP contribution in [0.4, 0.5) is 0 Å². The summed E-state index contributed by atoms with van der Waals surface area (Å²) < 4.78 is 5.64. The molecule has 0 bridgehead atoms. The maximum Gasteiger partial charge on any atom is 0.125 e. The summed E-state index contributed by atoms with van der Waals surface area (Å²) >= 11 is 6.29. The van der Waals surface area contributed by atoms with Crippen molar-refractivity contribution in [3.8, 4) is 5.75 Å². The molecule has 1 rings (SSSR count). The number of nitrogens with two attached hydrogens (primary N) is 1. The van der Waals surface area contributed by atoms with Crippen LogP contribution in [0.25, 0.3) is 0 Å². The number of ether oxygens (including phenoxy) is 1. The van der Waals surface area contributed by atoms with Gasteiger partial charge in [-0.2, -0.15) is 0 Å². The Kier molecular flexibility index (Phi) is 6.76. The standard InChI is InChI=1S/C15H25ClN2O2/c1-5-20-12-8-9(2)14(16)10(3)13(12)15(19)11(17)6-7-18-4/h8,11,15,18-19H,5-7,17H2,1-4H3. The predicted octanol–water partition coefficient (Wildman–Crippen LogP) is 2.33. The quantitative estimate of drug-likeness (QED) is 0.723. The van der Waals surface area contributed by atoms with E-state index in [9.17, 15) is 5.11 Å². The molecular weight excluding hydrogens is 276 g/mol. The zero-order valence-electron chi connectivity index (χ0n) is 12.7. The summed E-state index contributed by atoms with van der Waals surface area (Å²) in [4.78, 5) is 0. The number of aryl methyl sites for hydroxylation is 1. The van der Waals surface area contributed by atoms with E-state index in [1.54, 1.807) is 0 Å². The SMILES string of the molecule is CCOc1cc(C)c(Cl)c(C)c1C(O)C(N)CCNC. The molecule has 0 aliphatic heterocycles. The second-order valence-electron chi connectivity index (χ2n) is 4.98. The first kappa shape index (κ1) is 17.2. The minimum absolute atomic E-state index is 0.362. The van der Waals surface area contributed by atoms with Crippen molar-refractivity contribution in [3.05, 3.63) is 27.8 Å². The van der Waals surface area contributed by atoms with E-state index in [2.05, 4.69) is 5.32 Å². The van der Waals surface area contributed by atoms with Crippen LogP contribution in [-0.2, 0) is 0 Å². The topological polar surface area (TPSA) is 67.5 Å². The minimum atomic E-state index is -0.789. The van der Waals surface area contributed by atoms with Gasteiger partial charge in [-0.15, -0.1) is 0 Å². The molecule has 2 unspecified atom stereocenters. The zero-order chi connectivity index (χ0) is 15.3. The van der Waals surface area contributed by atoms with Crippen LogP contribution < -0.4 is 15.8 Å². The Balaban J connectivity index is 3.16. The monoisotopic (exact) mass is 300 g/mol. The lowest BCUT2D eigenvalue weighted by Crippen LogP contribution is -2.32. The highest BCUT2D eigenvalue weighted by atomic mass is 35.5. The summed E-state index contributed by atoms with van der Waals surface area (Å²) in [5.74, 6) is 0.666. The van der Waals surface area contributed by atoms with Gasteiger partial charge in [0.15, 0.2) is 0 Å². The highest BCUT2D eigenvalue weighted by molar-refractivity contribution is 6.32. The van der Waals surface area contributed by atoms with Gasteiger partial charge >= 0.3 is 0 Å². The third kappa shape index (κ3) is 3.85. The largest absolute Gasteiger partial charge is 0.493 e. The van der Waals surface area contributed by atoms with Gasteiger partial charge in [-0.25, -0.2) is 0 Å². The Bertz CT molecular complexity index is 452. The number of nitrogens with one attached hydrogen (secondary N) is 1. The summed E-state index contributed by atoms with van der Waals surface area (Å²) in [7, 11) is 1.86.